The quantitative estimate of drug-likeness (QED) is 0.760. The van der Waals surface area contributed by atoms with Crippen LogP contribution in [0.15, 0.2) is 28.2 Å². The lowest BCUT2D eigenvalue weighted by Crippen LogP contribution is -2.17. The number of methoxy groups -OCH3 is 1. The molecule has 2 nitrogen and oxygen atoms in total. The van der Waals surface area contributed by atoms with Crippen LogP contribution >= 0.6 is 15.9 Å². The zero-order valence-electron chi connectivity index (χ0n) is 11.4. The first-order valence-electron chi connectivity index (χ1n) is 6.45. The molecule has 0 saturated heterocycles. The van der Waals surface area contributed by atoms with E-state index in [0.717, 1.165) is 29.7 Å². The van der Waals surface area contributed by atoms with E-state index in [2.05, 4.69) is 53.3 Å². The minimum atomic E-state index is 0.870. The van der Waals surface area contributed by atoms with Crippen LogP contribution in [0.25, 0.3) is 6.08 Å². The number of halogens is 1. The van der Waals surface area contributed by atoms with Crippen molar-refractivity contribution in [2.24, 2.45) is 0 Å². The fraction of sp³-hybridized carbons (Fsp3) is 0.467. The highest BCUT2D eigenvalue weighted by Gasteiger charge is 2.01. The second-order valence-corrected chi connectivity index (χ2v) is 5.08. The highest BCUT2D eigenvalue weighted by Crippen LogP contribution is 2.26. The van der Waals surface area contributed by atoms with Gasteiger partial charge in [-0.1, -0.05) is 31.6 Å². The molecule has 1 aromatic carbocycles. The molecule has 0 spiro atoms. The molecule has 0 bridgehead atoms. The SMILES string of the molecule is CCCNCC(=Cc1ccc(OC)c(Br)c1)CC. The van der Waals surface area contributed by atoms with Crippen molar-refractivity contribution in [3.8, 4) is 5.75 Å². The van der Waals surface area contributed by atoms with E-state index in [1.807, 2.05) is 6.07 Å². The Bertz CT molecular complexity index is 401. The van der Waals surface area contributed by atoms with Crippen LogP contribution in [-0.4, -0.2) is 20.2 Å². The van der Waals surface area contributed by atoms with Gasteiger partial charge in [-0.15, -0.1) is 0 Å². The van der Waals surface area contributed by atoms with E-state index < -0.39 is 0 Å². The Kier molecular flexibility index (Phi) is 7.06. The van der Waals surface area contributed by atoms with Gasteiger partial charge in [-0.25, -0.2) is 0 Å². The molecule has 1 aromatic rings. The van der Waals surface area contributed by atoms with Gasteiger partial charge in [0, 0.05) is 6.54 Å². The van der Waals surface area contributed by atoms with Crippen LogP contribution < -0.4 is 10.1 Å². The van der Waals surface area contributed by atoms with Crippen molar-refractivity contribution in [1.29, 1.82) is 0 Å². The van der Waals surface area contributed by atoms with Crippen molar-refractivity contribution in [3.05, 3.63) is 33.8 Å². The zero-order valence-corrected chi connectivity index (χ0v) is 13.0. The molecule has 0 aromatic heterocycles. The minimum absolute atomic E-state index is 0.870. The highest BCUT2D eigenvalue weighted by molar-refractivity contribution is 9.10. The molecule has 18 heavy (non-hydrogen) atoms. The number of benzene rings is 1. The van der Waals surface area contributed by atoms with Crippen molar-refractivity contribution in [2.45, 2.75) is 26.7 Å². The summed E-state index contributed by atoms with van der Waals surface area (Å²) < 4.78 is 6.23. The Hall–Kier alpha value is -0.800. The Morgan fingerprint density at radius 2 is 2.17 bits per heavy atom. The van der Waals surface area contributed by atoms with Crippen LogP contribution in [0.4, 0.5) is 0 Å². The van der Waals surface area contributed by atoms with Crippen molar-refractivity contribution in [2.75, 3.05) is 20.2 Å². The van der Waals surface area contributed by atoms with E-state index >= 15 is 0 Å². The number of rotatable bonds is 7. The first-order chi connectivity index (χ1) is 8.71. The van der Waals surface area contributed by atoms with Crippen LogP contribution in [0.3, 0.4) is 0 Å². The molecule has 100 valence electrons. The highest BCUT2D eigenvalue weighted by atomic mass is 79.9. The summed E-state index contributed by atoms with van der Waals surface area (Å²) in [6.45, 7) is 6.42. The van der Waals surface area contributed by atoms with Crippen LogP contribution in [-0.2, 0) is 0 Å². The maximum atomic E-state index is 5.23. The second kappa shape index (κ2) is 8.33. The molecular formula is C15H22BrNO. The molecule has 1 N–H and O–H groups in total. The van der Waals surface area contributed by atoms with E-state index in [4.69, 9.17) is 4.74 Å². The van der Waals surface area contributed by atoms with Gasteiger partial charge in [0.15, 0.2) is 0 Å². The minimum Gasteiger partial charge on any atom is -0.496 e. The third-order valence-electron chi connectivity index (χ3n) is 2.78. The molecule has 0 aliphatic heterocycles. The van der Waals surface area contributed by atoms with Gasteiger partial charge in [0.1, 0.15) is 5.75 Å². The fourth-order valence-corrected chi connectivity index (χ4v) is 2.27. The third-order valence-corrected chi connectivity index (χ3v) is 3.40. The normalized spacial score (nSPS) is 11.7. The van der Waals surface area contributed by atoms with Crippen LogP contribution in [0.5, 0.6) is 5.75 Å². The molecule has 0 atom stereocenters. The Balaban J connectivity index is 2.75. The summed E-state index contributed by atoms with van der Waals surface area (Å²) in [5, 5.41) is 3.44. The molecule has 0 heterocycles. The van der Waals surface area contributed by atoms with Gasteiger partial charge in [0.2, 0.25) is 0 Å². The maximum absolute atomic E-state index is 5.23. The van der Waals surface area contributed by atoms with Gasteiger partial charge in [-0.2, -0.15) is 0 Å². The predicted octanol–water partition coefficient (Wildman–Crippen LogP) is 4.25. The lowest BCUT2D eigenvalue weighted by Gasteiger charge is -2.08. The van der Waals surface area contributed by atoms with Crippen molar-refractivity contribution < 1.29 is 4.74 Å². The van der Waals surface area contributed by atoms with E-state index in [9.17, 15) is 0 Å². The summed E-state index contributed by atoms with van der Waals surface area (Å²) in [6.07, 6.45) is 4.48. The summed E-state index contributed by atoms with van der Waals surface area (Å²) in [5.74, 6) is 0.870. The number of ether oxygens (including phenoxy) is 1. The number of hydrogen-bond acceptors (Lipinski definition) is 2. The first-order valence-corrected chi connectivity index (χ1v) is 7.24. The third kappa shape index (κ3) is 4.83. The Morgan fingerprint density at radius 3 is 2.72 bits per heavy atom. The average molecular weight is 312 g/mol. The second-order valence-electron chi connectivity index (χ2n) is 4.23. The summed E-state index contributed by atoms with van der Waals surface area (Å²) >= 11 is 3.51. The molecule has 0 aliphatic carbocycles. The van der Waals surface area contributed by atoms with E-state index in [1.54, 1.807) is 7.11 Å². The standard InChI is InChI=1S/C15H22BrNO/c1-4-8-17-11-12(5-2)9-13-6-7-15(18-3)14(16)10-13/h6-7,9-10,17H,4-5,8,11H2,1-3H3. The zero-order chi connectivity index (χ0) is 13.4. The molecular weight excluding hydrogens is 290 g/mol. The predicted molar refractivity (Wildman–Crippen MR) is 82.1 cm³/mol. The molecule has 0 amide bonds. The summed E-state index contributed by atoms with van der Waals surface area (Å²) in [5.41, 5.74) is 2.62. The van der Waals surface area contributed by atoms with Gasteiger partial charge < -0.3 is 10.1 Å². The topological polar surface area (TPSA) is 21.3 Å². The molecule has 1 rings (SSSR count). The smallest absolute Gasteiger partial charge is 0.133 e. The maximum Gasteiger partial charge on any atom is 0.133 e. The van der Waals surface area contributed by atoms with Gasteiger partial charge in [0.25, 0.3) is 0 Å². The summed E-state index contributed by atoms with van der Waals surface area (Å²) in [7, 11) is 1.68. The molecule has 0 fully saturated rings. The Labute approximate surface area is 119 Å². The molecule has 0 aliphatic rings. The molecule has 3 heteroatoms. The summed E-state index contributed by atoms with van der Waals surface area (Å²) in [6, 6.07) is 6.16. The fourth-order valence-electron chi connectivity index (χ4n) is 1.71. The van der Waals surface area contributed by atoms with Crippen molar-refractivity contribution >= 4 is 22.0 Å². The molecule has 0 saturated carbocycles. The van der Waals surface area contributed by atoms with E-state index in [-0.39, 0.29) is 0 Å². The molecule has 0 radical (unpaired) electrons. The monoisotopic (exact) mass is 311 g/mol. The number of nitrogens with one attached hydrogen (secondary N) is 1. The van der Waals surface area contributed by atoms with Crippen LogP contribution in [0.1, 0.15) is 32.3 Å². The van der Waals surface area contributed by atoms with Crippen molar-refractivity contribution in [1.82, 2.24) is 5.32 Å². The largest absolute Gasteiger partial charge is 0.496 e. The van der Waals surface area contributed by atoms with Gasteiger partial charge >= 0.3 is 0 Å². The lowest BCUT2D eigenvalue weighted by molar-refractivity contribution is 0.412. The first kappa shape index (κ1) is 15.3. The lowest BCUT2D eigenvalue weighted by atomic mass is 10.1. The Morgan fingerprint density at radius 1 is 1.39 bits per heavy atom. The van der Waals surface area contributed by atoms with Gasteiger partial charge in [0.05, 0.1) is 11.6 Å². The average Bonchev–Trinajstić information content (AvgIpc) is 2.38. The van der Waals surface area contributed by atoms with Gasteiger partial charge in [-0.3, -0.25) is 0 Å². The molecule has 0 unspecified atom stereocenters. The van der Waals surface area contributed by atoms with E-state index in [0.29, 0.717) is 0 Å². The van der Waals surface area contributed by atoms with Crippen molar-refractivity contribution in [3.63, 3.8) is 0 Å². The number of hydrogen-bond donors (Lipinski definition) is 1. The summed E-state index contributed by atoms with van der Waals surface area (Å²) in [4.78, 5) is 0. The van der Waals surface area contributed by atoms with E-state index in [1.165, 1.54) is 17.6 Å². The van der Waals surface area contributed by atoms with Gasteiger partial charge in [-0.05, 0) is 53.0 Å². The van der Waals surface area contributed by atoms with Crippen LogP contribution in [0.2, 0.25) is 0 Å². The van der Waals surface area contributed by atoms with Crippen LogP contribution in [0, 0.1) is 0 Å².